The lowest BCUT2D eigenvalue weighted by molar-refractivity contribution is 0.415. The Morgan fingerprint density at radius 1 is 1.35 bits per heavy atom. The smallest absolute Gasteiger partial charge is 0.208 e. The van der Waals surface area contributed by atoms with Gasteiger partial charge in [0.1, 0.15) is 5.75 Å². The molecule has 0 aliphatic rings. The number of methoxy groups -OCH3 is 1. The summed E-state index contributed by atoms with van der Waals surface area (Å²) in [5.41, 5.74) is 7.07. The number of nitrogen functional groups attached to an aromatic ring is 1. The molecule has 0 bridgehead atoms. The molecule has 0 aliphatic carbocycles. The molecule has 6 nitrogen and oxygen atoms in total. The summed E-state index contributed by atoms with van der Waals surface area (Å²) in [4.78, 5) is 0. The molecule has 1 aromatic carbocycles. The number of nitrogens with one attached hydrogen (secondary N) is 2. The van der Waals surface area contributed by atoms with Gasteiger partial charge in [-0.15, -0.1) is 0 Å². The fraction of sp³-hybridized carbons (Fsp3) is 0.400. The first-order chi connectivity index (χ1) is 7.92. The van der Waals surface area contributed by atoms with E-state index in [2.05, 4.69) is 10.0 Å². The monoisotopic (exact) mass is 259 g/mol. The summed E-state index contributed by atoms with van der Waals surface area (Å²) in [7, 11) is -1.58. The molecule has 0 atom stereocenters. The van der Waals surface area contributed by atoms with E-state index >= 15 is 0 Å². The Morgan fingerprint density at radius 2 is 2.06 bits per heavy atom. The van der Waals surface area contributed by atoms with E-state index in [4.69, 9.17) is 10.5 Å². The molecule has 0 amide bonds. The molecule has 0 saturated carbocycles. The number of benzene rings is 1. The van der Waals surface area contributed by atoms with Crippen molar-refractivity contribution in [3.63, 3.8) is 0 Å². The summed E-state index contributed by atoms with van der Waals surface area (Å²) in [5.74, 6) is 0.692. The minimum absolute atomic E-state index is 0.301. The molecule has 96 valence electrons. The van der Waals surface area contributed by atoms with Crippen molar-refractivity contribution in [2.75, 3.05) is 37.5 Å². The van der Waals surface area contributed by atoms with Crippen LogP contribution in [0.2, 0.25) is 0 Å². The first-order valence-corrected chi connectivity index (χ1v) is 6.93. The van der Waals surface area contributed by atoms with Gasteiger partial charge in [-0.2, -0.15) is 0 Å². The number of hydrogen-bond acceptors (Lipinski definition) is 5. The van der Waals surface area contributed by atoms with Gasteiger partial charge in [-0.3, -0.25) is 0 Å². The van der Waals surface area contributed by atoms with Crippen LogP contribution in [0.1, 0.15) is 0 Å². The second-order valence-electron chi connectivity index (χ2n) is 3.55. The van der Waals surface area contributed by atoms with Crippen LogP contribution in [-0.2, 0) is 10.0 Å². The third kappa shape index (κ3) is 4.92. The van der Waals surface area contributed by atoms with Crippen LogP contribution in [0.25, 0.3) is 0 Å². The van der Waals surface area contributed by atoms with Crippen molar-refractivity contribution in [1.29, 1.82) is 0 Å². The van der Waals surface area contributed by atoms with Gasteiger partial charge < -0.3 is 15.8 Å². The number of sulfonamides is 1. The average Bonchev–Trinajstić information content (AvgIpc) is 2.25. The number of anilines is 2. The van der Waals surface area contributed by atoms with E-state index in [1.54, 1.807) is 25.3 Å². The molecular weight excluding hydrogens is 242 g/mol. The molecule has 7 heteroatoms. The third-order valence-electron chi connectivity index (χ3n) is 2.07. The fourth-order valence-electron chi connectivity index (χ4n) is 1.25. The second kappa shape index (κ2) is 5.74. The zero-order valence-electron chi connectivity index (χ0n) is 9.86. The van der Waals surface area contributed by atoms with Crippen molar-refractivity contribution in [3.05, 3.63) is 18.2 Å². The van der Waals surface area contributed by atoms with Crippen LogP contribution in [-0.4, -0.2) is 34.9 Å². The maximum atomic E-state index is 10.8. The van der Waals surface area contributed by atoms with Crippen molar-refractivity contribution in [2.24, 2.45) is 0 Å². The van der Waals surface area contributed by atoms with E-state index in [0.717, 1.165) is 11.9 Å². The van der Waals surface area contributed by atoms with Gasteiger partial charge in [-0.05, 0) is 12.1 Å². The summed E-state index contributed by atoms with van der Waals surface area (Å²) in [6.45, 7) is 0.750. The maximum Gasteiger partial charge on any atom is 0.208 e. The highest BCUT2D eigenvalue weighted by molar-refractivity contribution is 7.88. The molecule has 0 unspecified atom stereocenters. The molecule has 1 rings (SSSR count). The Labute approximate surface area is 101 Å². The van der Waals surface area contributed by atoms with Crippen molar-refractivity contribution in [3.8, 4) is 5.75 Å². The molecular formula is C10H17N3O3S. The van der Waals surface area contributed by atoms with Gasteiger partial charge in [0.2, 0.25) is 10.0 Å². The lowest BCUT2D eigenvalue weighted by Gasteiger charge is -2.10. The van der Waals surface area contributed by atoms with Crippen molar-refractivity contribution < 1.29 is 13.2 Å². The van der Waals surface area contributed by atoms with Crippen LogP contribution in [0.15, 0.2) is 18.2 Å². The minimum Gasteiger partial charge on any atom is -0.497 e. The summed E-state index contributed by atoms with van der Waals surface area (Å²) in [6.07, 6.45) is 1.12. The Bertz CT molecular complexity index is 474. The lowest BCUT2D eigenvalue weighted by atomic mass is 10.2. The van der Waals surface area contributed by atoms with E-state index in [-0.39, 0.29) is 0 Å². The van der Waals surface area contributed by atoms with E-state index in [1.807, 2.05) is 0 Å². The van der Waals surface area contributed by atoms with E-state index in [0.29, 0.717) is 24.5 Å². The van der Waals surface area contributed by atoms with Gasteiger partial charge in [0.05, 0.1) is 24.7 Å². The molecule has 0 saturated heterocycles. The topological polar surface area (TPSA) is 93.4 Å². The van der Waals surface area contributed by atoms with Crippen LogP contribution in [0.3, 0.4) is 0 Å². The quantitative estimate of drug-likeness (QED) is 0.502. The lowest BCUT2D eigenvalue weighted by Crippen LogP contribution is -2.27. The van der Waals surface area contributed by atoms with Gasteiger partial charge >= 0.3 is 0 Å². The zero-order valence-corrected chi connectivity index (χ0v) is 10.7. The highest BCUT2D eigenvalue weighted by atomic mass is 32.2. The summed E-state index contributed by atoms with van der Waals surface area (Å²) >= 11 is 0. The van der Waals surface area contributed by atoms with E-state index < -0.39 is 10.0 Å². The molecule has 17 heavy (non-hydrogen) atoms. The third-order valence-corrected chi connectivity index (χ3v) is 2.79. The second-order valence-corrected chi connectivity index (χ2v) is 5.38. The van der Waals surface area contributed by atoms with Gasteiger partial charge in [0.25, 0.3) is 0 Å². The van der Waals surface area contributed by atoms with Crippen LogP contribution in [0, 0.1) is 0 Å². The molecule has 0 aliphatic heterocycles. The van der Waals surface area contributed by atoms with Crippen LogP contribution >= 0.6 is 0 Å². The largest absolute Gasteiger partial charge is 0.497 e. The zero-order chi connectivity index (χ0) is 12.9. The Balaban J connectivity index is 2.51. The van der Waals surface area contributed by atoms with E-state index in [1.165, 1.54) is 0 Å². The average molecular weight is 259 g/mol. The Kier molecular flexibility index (Phi) is 4.59. The number of ether oxygens (including phenoxy) is 1. The molecule has 0 aromatic heterocycles. The highest BCUT2D eigenvalue weighted by Gasteiger charge is 2.02. The number of rotatable bonds is 6. The van der Waals surface area contributed by atoms with Crippen molar-refractivity contribution in [2.45, 2.75) is 0 Å². The number of hydrogen-bond donors (Lipinski definition) is 3. The van der Waals surface area contributed by atoms with E-state index in [9.17, 15) is 8.42 Å². The Morgan fingerprint density at radius 3 is 2.65 bits per heavy atom. The van der Waals surface area contributed by atoms with Crippen LogP contribution in [0.4, 0.5) is 11.4 Å². The molecule has 4 N–H and O–H groups in total. The van der Waals surface area contributed by atoms with Gasteiger partial charge in [-0.25, -0.2) is 13.1 Å². The summed E-state index contributed by atoms with van der Waals surface area (Å²) in [6, 6.07) is 5.25. The first-order valence-electron chi connectivity index (χ1n) is 5.04. The fourth-order valence-corrected chi connectivity index (χ4v) is 1.72. The van der Waals surface area contributed by atoms with Crippen LogP contribution < -0.4 is 20.5 Å². The standard InChI is InChI=1S/C10H17N3O3S/c1-16-8-3-4-9(11)10(7-8)12-5-6-13-17(2,14)15/h3-4,7,12-13H,5-6,11H2,1-2H3. The SMILES string of the molecule is COc1ccc(N)c(NCCNS(C)(=O)=O)c1. The highest BCUT2D eigenvalue weighted by Crippen LogP contribution is 2.23. The maximum absolute atomic E-state index is 10.8. The normalized spacial score (nSPS) is 11.2. The molecule has 0 radical (unpaired) electrons. The molecule has 0 spiro atoms. The van der Waals surface area contributed by atoms with Crippen molar-refractivity contribution >= 4 is 21.4 Å². The van der Waals surface area contributed by atoms with Gasteiger partial charge in [-0.1, -0.05) is 0 Å². The first kappa shape index (κ1) is 13.6. The number of nitrogens with two attached hydrogens (primary N) is 1. The summed E-state index contributed by atoms with van der Waals surface area (Å²) in [5, 5.41) is 3.03. The molecule has 1 aromatic rings. The van der Waals surface area contributed by atoms with Gasteiger partial charge in [0, 0.05) is 19.2 Å². The predicted octanol–water partition coefficient (Wildman–Crippen LogP) is 0.239. The van der Waals surface area contributed by atoms with Crippen molar-refractivity contribution in [1.82, 2.24) is 4.72 Å². The van der Waals surface area contributed by atoms with Gasteiger partial charge in [0.15, 0.2) is 0 Å². The Hall–Kier alpha value is -1.47. The molecule has 0 fully saturated rings. The predicted molar refractivity (Wildman–Crippen MR) is 68.7 cm³/mol. The molecule has 0 heterocycles. The minimum atomic E-state index is -3.15. The summed E-state index contributed by atoms with van der Waals surface area (Å²) < 4.78 is 29.1. The van der Waals surface area contributed by atoms with Crippen LogP contribution in [0.5, 0.6) is 5.75 Å².